The molecule has 0 bridgehead atoms. The van der Waals surface area contributed by atoms with Gasteiger partial charge in [0.2, 0.25) is 23.0 Å². The molecule has 2 N–H and O–H groups in total. The van der Waals surface area contributed by atoms with Gasteiger partial charge in [0.1, 0.15) is 6.04 Å². The summed E-state index contributed by atoms with van der Waals surface area (Å²) in [5.41, 5.74) is 2.90. The third kappa shape index (κ3) is 6.63. The van der Waals surface area contributed by atoms with Crippen molar-refractivity contribution in [2.45, 2.75) is 45.7 Å². The van der Waals surface area contributed by atoms with Gasteiger partial charge in [-0.1, -0.05) is 6.07 Å². The first-order valence-corrected chi connectivity index (χ1v) is 14.4. The van der Waals surface area contributed by atoms with Crippen LogP contribution >= 0.6 is 0 Å². The van der Waals surface area contributed by atoms with Crippen LogP contribution in [-0.2, 0) is 20.7 Å². The molecule has 2 aliphatic rings. The minimum atomic E-state index is -0.707. The average Bonchev–Trinajstić information content (AvgIpc) is 3.24. The Kier molecular flexibility index (Phi) is 9.99. The van der Waals surface area contributed by atoms with E-state index in [2.05, 4.69) is 10.6 Å². The first kappa shape index (κ1) is 31.5. The van der Waals surface area contributed by atoms with Gasteiger partial charge in [0, 0.05) is 38.7 Å². The van der Waals surface area contributed by atoms with Gasteiger partial charge in [0.05, 0.1) is 39.7 Å². The number of hydrogen-bond donors (Lipinski definition) is 2. The van der Waals surface area contributed by atoms with Crippen LogP contribution in [-0.4, -0.2) is 87.9 Å². The number of amides is 3. The summed E-state index contributed by atoms with van der Waals surface area (Å²) in [6.45, 7) is 6.66. The van der Waals surface area contributed by atoms with Gasteiger partial charge in [-0.25, -0.2) is 4.79 Å². The van der Waals surface area contributed by atoms with Crippen molar-refractivity contribution in [1.82, 2.24) is 15.1 Å². The molecule has 1 aliphatic heterocycles. The Morgan fingerprint density at radius 2 is 1.65 bits per heavy atom. The fourth-order valence-electron chi connectivity index (χ4n) is 5.72. The lowest BCUT2D eigenvalue weighted by atomic mass is 9.95. The van der Waals surface area contributed by atoms with Crippen LogP contribution in [0.15, 0.2) is 29.1 Å². The molecule has 1 fully saturated rings. The molecule has 0 spiro atoms. The summed E-state index contributed by atoms with van der Waals surface area (Å²) in [5.74, 6) is 0.988. The van der Waals surface area contributed by atoms with E-state index in [-0.39, 0.29) is 29.0 Å². The largest absolute Gasteiger partial charge is 0.493 e. The average molecular weight is 597 g/mol. The summed E-state index contributed by atoms with van der Waals surface area (Å²) in [5, 5.41) is 6.09. The van der Waals surface area contributed by atoms with Crippen molar-refractivity contribution in [3.8, 4) is 28.4 Å². The predicted molar refractivity (Wildman–Crippen MR) is 161 cm³/mol. The molecular formula is C31H40N4O8. The number of carbonyl (C=O) groups excluding carboxylic acids is 3. The van der Waals surface area contributed by atoms with Crippen LogP contribution in [0.4, 0.5) is 10.5 Å². The van der Waals surface area contributed by atoms with E-state index in [1.807, 2.05) is 12.1 Å². The number of nitrogens with zero attached hydrogens (tertiary/aromatic N) is 2. The summed E-state index contributed by atoms with van der Waals surface area (Å²) in [6, 6.07) is 5.72. The van der Waals surface area contributed by atoms with E-state index in [1.54, 1.807) is 43.9 Å². The molecule has 3 amide bonds. The number of anilines is 1. The molecule has 4 rings (SSSR count). The minimum absolute atomic E-state index is 0.184. The SMILES string of the molecule is CCOC(=O)N1CCN(C(=O)[C@H](C)Nc2ccc3c(cc2=O)[C@@H](NC(C)=O)CCc2cc(OC)c(OC)c(OC)c2-3)CC1. The number of fused-ring (bicyclic) bond motifs is 3. The van der Waals surface area contributed by atoms with Crippen LogP contribution in [0.1, 0.15) is 44.4 Å². The van der Waals surface area contributed by atoms with Crippen molar-refractivity contribution in [3.05, 3.63) is 45.6 Å². The number of carbonyl (C=O) groups is 3. The molecule has 2 aromatic rings. The highest BCUT2D eigenvalue weighted by molar-refractivity contribution is 5.86. The molecule has 1 heterocycles. The van der Waals surface area contributed by atoms with Gasteiger partial charge < -0.3 is 39.4 Å². The van der Waals surface area contributed by atoms with E-state index in [0.717, 1.165) is 11.1 Å². The van der Waals surface area contributed by atoms with Crippen LogP contribution in [0.2, 0.25) is 0 Å². The van der Waals surface area contributed by atoms with Crippen LogP contribution in [0.5, 0.6) is 17.2 Å². The molecule has 43 heavy (non-hydrogen) atoms. The second kappa shape index (κ2) is 13.7. The molecular weight excluding hydrogens is 556 g/mol. The molecule has 0 unspecified atom stereocenters. The standard InChI is InChI=1S/C31H40N4O8/c1-7-43-31(39)35-14-12-34(13-15-35)30(38)18(2)32-24-11-9-21-22(17-25(24)37)23(33-19(3)36)10-8-20-16-26(40-4)28(41-5)29(42-6)27(20)21/h9,11,16-18,23H,7-8,10,12-15H2,1-6H3,(H,32,37)(H,33,36)/t18-,23-/m0/s1. The number of rotatable bonds is 8. The molecule has 0 radical (unpaired) electrons. The monoisotopic (exact) mass is 596 g/mol. The quantitative estimate of drug-likeness (QED) is 0.472. The summed E-state index contributed by atoms with van der Waals surface area (Å²) < 4.78 is 22.1. The molecule has 0 saturated carbocycles. The summed E-state index contributed by atoms with van der Waals surface area (Å²) >= 11 is 0. The number of methoxy groups -OCH3 is 3. The Morgan fingerprint density at radius 1 is 0.977 bits per heavy atom. The minimum Gasteiger partial charge on any atom is -0.493 e. The van der Waals surface area contributed by atoms with Crippen molar-refractivity contribution >= 4 is 23.6 Å². The van der Waals surface area contributed by atoms with Crippen LogP contribution in [0.3, 0.4) is 0 Å². The zero-order valence-corrected chi connectivity index (χ0v) is 25.6. The third-order valence-electron chi connectivity index (χ3n) is 7.78. The number of nitrogens with one attached hydrogen (secondary N) is 2. The highest BCUT2D eigenvalue weighted by Gasteiger charge is 2.31. The van der Waals surface area contributed by atoms with Gasteiger partial charge in [-0.05, 0) is 61.6 Å². The van der Waals surface area contributed by atoms with Gasteiger partial charge in [-0.15, -0.1) is 0 Å². The van der Waals surface area contributed by atoms with Crippen LogP contribution in [0, 0.1) is 0 Å². The Bertz CT molecular complexity index is 1440. The number of hydrogen-bond acceptors (Lipinski definition) is 9. The maximum absolute atomic E-state index is 13.6. The lowest BCUT2D eigenvalue weighted by molar-refractivity contribution is -0.133. The van der Waals surface area contributed by atoms with Gasteiger partial charge in [-0.2, -0.15) is 0 Å². The molecule has 12 nitrogen and oxygen atoms in total. The van der Waals surface area contributed by atoms with Crippen molar-refractivity contribution in [1.29, 1.82) is 0 Å². The van der Waals surface area contributed by atoms with Gasteiger partial charge in [0.25, 0.3) is 0 Å². The maximum Gasteiger partial charge on any atom is 0.409 e. The smallest absolute Gasteiger partial charge is 0.409 e. The highest BCUT2D eigenvalue weighted by atomic mass is 16.6. The Hall–Kier alpha value is -4.48. The zero-order valence-electron chi connectivity index (χ0n) is 25.6. The van der Waals surface area contributed by atoms with E-state index in [4.69, 9.17) is 18.9 Å². The van der Waals surface area contributed by atoms with E-state index >= 15 is 0 Å². The Labute approximate surface area is 251 Å². The lowest BCUT2D eigenvalue weighted by Gasteiger charge is -2.35. The molecule has 2 aromatic carbocycles. The lowest BCUT2D eigenvalue weighted by Crippen LogP contribution is -2.53. The molecule has 2 atom stereocenters. The normalized spacial score (nSPS) is 16.6. The number of benzene rings is 1. The number of piperazine rings is 1. The third-order valence-corrected chi connectivity index (χ3v) is 7.78. The van der Waals surface area contributed by atoms with Gasteiger partial charge >= 0.3 is 6.09 Å². The summed E-state index contributed by atoms with van der Waals surface area (Å²) in [4.78, 5) is 54.3. The second-order valence-electron chi connectivity index (χ2n) is 10.5. The van der Waals surface area contributed by atoms with Crippen molar-refractivity contribution in [3.63, 3.8) is 0 Å². The topological polar surface area (TPSA) is 136 Å². The zero-order chi connectivity index (χ0) is 31.3. The van der Waals surface area contributed by atoms with Crippen molar-refractivity contribution in [2.75, 3.05) is 59.4 Å². The number of aryl methyl sites for hydroxylation is 1. The fraction of sp³-hybridized carbons (Fsp3) is 0.484. The van der Waals surface area contributed by atoms with Gasteiger partial charge in [-0.3, -0.25) is 14.4 Å². The molecule has 1 saturated heterocycles. The molecule has 1 aliphatic carbocycles. The van der Waals surface area contributed by atoms with Crippen LogP contribution in [0.25, 0.3) is 11.1 Å². The molecule has 232 valence electrons. The second-order valence-corrected chi connectivity index (χ2v) is 10.5. The Morgan fingerprint density at radius 3 is 2.26 bits per heavy atom. The predicted octanol–water partition coefficient (Wildman–Crippen LogP) is 2.96. The van der Waals surface area contributed by atoms with Crippen molar-refractivity contribution in [2.24, 2.45) is 0 Å². The van der Waals surface area contributed by atoms with Crippen molar-refractivity contribution < 1.29 is 33.3 Å². The van der Waals surface area contributed by atoms with E-state index < -0.39 is 12.1 Å². The summed E-state index contributed by atoms with van der Waals surface area (Å²) in [7, 11) is 4.63. The summed E-state index contributed by atoms with van der Waals surface area (Å²) in [6.07, 6.45) is 0.737. The number of ether oxygens (including phenoxy) is 4. The van der Waals surface area contributed by atoms with E-state index in [0.29, 0.717) is 74.0 Å². The van der Waals surface area contributed by atoms with Gasteiger partial charge in [0.15, 0.2) is 11.5 Å². The molecule has 0 aromatic heterocycles. The fourth-order valence-corrected chi connectivity index (χ4v) is 5.72. The van der Waals surface area contributed by atoms with E-state index in [1.165, 1.54) is 20.1 Å². The Balaban J connectivity index is 1.70. The maximum atomic E-state index is 13.6. The highest BCUT2D eigenvalue weighted by Crippen LogP contribution is 2.50. The van der Waals surface area contributed by atoms with E-state index in [9.17, 15) is 19.2 Å². The first-order valence-electron chi connectivity index (χ1n) is 14.4. The first-order chi connectivity index (χ1) is 20.6. The molecule has 12 heteroatoms. The van der Waals surface area contributed by atoms with Crippen LogP contribution < -0.4 is 30.3 Å².